The van der Waals surface area contributed by atoms with Gasteiger partial charge in [-0.05, 0) is 26.7 Å². The topological polar surface area (TPSA) is 92.6 Å². The fourth-order valence-electron chi connectivity index (χ4n) is 3.88. The highest BCUT2D eigenvalue weighted by atomic mass is 35.5. The summed E-state index contributed by atoms with van der Waals surface area (Å²) in [6.45, 7) is 8.20. The Bertz CT molecular complexity index is 362. The van der Waals surface area contributed by atoms with Crippen molar-refractivity contribution in [1.82, 2.24) is 4.90 Å². The Kier molecular flexibility index (Phi) is 17.5. The zero-order valence-corrected chi connectivity index (χ0v) is 19.8. The molecule has 2 unspecified atom stereocenters. The van der Waals surface area contributed by atoms with E-state index in [1.54, 1.807) is 0 Å². The maximum absolute atomic E-state index is 11.4. The van der Waals surface area contributed by atoms with Crippen LogP contribution in [0.15, 0.2) is 0 Å². The molecular weight excluding hydrogens is 374 g/mol. The second kappa shape index (κ2) is 16.4. The van der Waals surface area contributed by atoms with Crippen molar-refractivity contribution in [3.63, 3.8) is 0 Å². The normalized spacial score (nSPS) is 15.7. The van der Waals surface area contributed by atoms with Gasteiger partial charge in [0.2, 0.25) is 0 Å². The molecule has 0 aromatic carbocycles. The van der Waals surface area contributed by atoms with Crippen LogP contribution in [0.5, 0.6) is 0 Å². The summed E-state index contributed by atoms with van der Waals surface area (Å²) < 4.78 is 0. The second-order valence-corrected chi connectivity index (χ2v) is 8.73. The molecule has 0 amide bonds. The molecule has 0 bridgehead atoms. The van der Waals surface area contributed by atoms with Crippen LogP contribution in [-0.2, 0) is 4.79 Å². The van der Waals surface area contributed by atoms with Gasteiger partial charge >= 0.3 is 5.97 Å². The summed E-state index contributed by atoms with van der Waals surface area (Å²) in [4.78, 5) is 13.3. The molecule has 5 nitrogen and oxygen atoms in total. The van der Waals surface area contributed by atoms with Crippen molar-refractivity contribution in [3.05, 3.63) is 0 Å². The summed E-state index contributed by atoms with van der Waals surface area (Å²) >= 11 is 0. The van der Waals surface area contributed by atoms with E-state index in [0.29, 0.717) is 0 Å². The lowest BCUT2D eigenvalue weighted by molar-refractivity contribution is -0.143. The molecule has 0 saturated heterocycles. The number of nitrogens with two attached hydrogens (primary N) is 2. The number of carbonyl (C=O) groups is 1. The van der Waals surface area contributed by atoms with E-state index in [1.165, 1.54) is 51.4 Å². The van der Waals surface area contributed by atoms with Gasteiger partial charge in [-0.2, -0.15) is 0 Å². The lowest BCUT2D eigenvalue weighted by Crippen LogP contribution is -2.67. The Labute approximate surface area is 180 Å². The van der Waals surface area contributed by atoms with Crippen molar-refractivity contribution in [3.8, 4) is 0 Å². The molecule has 28 heavy (non-hydrogen) atoms. The average molecular weight is 422 g/mol. The first-order valence-corrected chi connectivity index (χ1v) is 11.2. The molecule has 0 aliphatic heterocycles. The molecular formula is C22H48ClN3O2. The van der Waals surface area contributed by atoms with E-state index in [0.717, 1.165) is 38.5 Å². The quantitative estimate of drug-likeness (QED) is 0.196. The minimum absolute atomic E-state index is 0. The summed E-state index contributed by atoms with van der Waals surface area (Å²) in [5, 5.41) is 9.40. The first-order chi connectivity index (χ1) is 12.7. The molecule has 0 rings (SSSR count). The predicted octanol–water partition coefficient (Wildman–Crippen LogP) is 5.65. The lowest BCUT2D eigenvalue weighted by atomic mass is 9.94. The highest BCUT2D eigenvalue weighted by molar-refractivity contribution is 5.85. The molecule has 0 aliphatic carbocycles. The fraction of sp³-hybridized carbons (Fsp3) is 0.955. The Hall–Kier alpha value is -0.360. The third-order valence-corrected chi connectivity index (χ3v) is 5.60. The van der Waals surface area contributed by atoms with Gasteiger partial charge in [0, 0.05) is 0 Å². The van der Waals surface area contributed by atoms with Gasteiger partial charge in [0.05, 0.1) is 17.9 Å². The van der Waals surface area contributed by atoms with E-state index in [-0.39, 0.29) is 19.0 Å². The first-order valence-electron chi connectivity index (χ1n) is 11.2. The van der Waals surface area contributed by atoms with Crippen molar-refractivity contribution in [2.45, 2.75) is 129 Å². The van der Waals surface area contributed by atoms with Crippen LogP contribution in [-0.4, -0.2) is 33.8 Å². The Morgan fingerprint density at radius 2 is 1.07 bits per heavy atom. The summed E-state index contributed by atoms with van der Waals surface area (Å²) in [7, 11) is 0. The zero-order chi connectivity index (χ0) is 20.8. The smallest absolute Gasteiger partial charge is 0.317 e. The predicted molar refractivity (Wildman–Crippen MR) is 123 cm³/mol. The molecule has 0 aromatic rings. The maximum atomic E-state index is 11.4. The molecule has 2 atom stereocenters. The van der Waals surface area contributed by atoms with E-state index in [1.807, 2.05) is 18.7 Å². The van der Waals surface area contributed by atoms with E-state index in [2.05, 4.69) is 13.8 Å². The third-order valence-electron chi connectivity index (χ3n) is 5.60. The van der Waals surface area contributed by atoms with Crippen molar-refractivity contribution in [2.75, 3.05) is 6.54 Å². The van der Waals surface area contributed by atoms with Crippen LogP contribution in [0.25, 0.3) is 0 Å². The molecule has 0 spiro atoms. The van der Waals surface area contributed by atoms with Gasteiger partial charge in [0.15, 0.2) is 0 Å². The van der Waals surface area contributed by atoms with E-state index < -0.39 is 17.3 Å². The number of carboxylic acids is 1. The Balaban J connectivity index is 0. The number of hydrogen-bond donors (Lipinski definition) is 3. The lowest BCUT2D eigenvalue weighted by Gasteiger charge is -2.47. The molecule has 0 heterocycles. The average Bonchev–Trinajstić information content (AvgIpc) is 2.58. The second-order valence-electron chi connectivity index (χ2n) is 8.73. The van der Waals surface area contributed by atoms with Gasteiger partial charge in [0.25, 0.3) is 0 Å². The van der Waals surface area contributed by atoms with Crippen LogP contribution in [0, 0.1) is 0 Å². The summed E-state index contributed by atoms with van der Waals surface area (Å²) in [6, 6.07) is 0. The molecule has 0 aromatic heterocycles. The molecule has 5 N–H and O–H groups in total. The molecule has 0 radical (unpaired) electrons. The number of aliphatic carboxylic acids is 1. The summed E-state index contributed by atoms with van der Waals surface area (Å²) in [5.74, 6) is -0.866. The molecule has 6 heteroatoms. The van der Waals surface area contributed by atoms with Crippen LogP contribution in [0.3, 0.4) is 0 Å². The van der Waals surface area contributed by atoms with Crippen LogP contribution in [0.4, 0.5) is 0 Å². The zero-order valence-electron chi connectivity index (χ0n) is 19.0. The summed E-state index contributed by atoms with van der Waals surface area (Å²) in [5.41, 5.74) is 11.8. The van der Waals surface area contributed by atoms with Gasteiger partial charge in [-0.15, -0.1) is 12.4 Å². The Morgan fingerprint density at radius 3 is 1.39 bits per heavy atom. The highest BCUT2D eigenvalue weighted by Gasteiger charge is 2.39. The van der Waals surface area contributed by atoms with Gasteiger partial charge in [-0.3, -0.25) is 9.69 Å². The maximum Gasteiger partial charge on any atom is 0.317 e. The van der Waals surface area contributed by atoms with Crippen molar-refractivity contribution in [1.29, 1.82) is 0 Å². The minimum atomic E-state index is -0.866. The number of rotatable bonds is 18. The number of halogens is 1. The number of carboxylic acid groups (broad SMARTS) is 1. The highest BCUT2D eigenvalue weighted by Crippen LogP contribution is 2.27. The minimum Gasteiger partial charge on any atom is -0.480 e. The molecule has 0 fully saturated rings. The van der Waals surface area contributed by atoms with Crippen LogP contribution in [0.1, 0.15) is 118 Å². The van der Waals surface area contributed by atoms with Crippen molar-refractivity contribution in [2.24, 2.45) is 11.5 Å². The van der Waals surface area contributed by atoms with E-state index in [4.69, 9.17) is 11.5 Å². The summed E-state index contributed by atoms with van der Waals surface area (Å²) in [6.07, 6.45) is 15.9. The van der Waals surface area contributed by atoms with Crippen LogP contribution < -0.4 is 11.5 Å². The van der Waals surface area contributed by atoms with Gasteiger partial charge < -0.3 is 16.6 Å². The number of hydrogen-bond acceptors (Lipinski definition) is 4. The third kappa shape index (κ3) is 13.8. The van der Waals surface area contributed by atoms with E-state index >= 15 is 0 Å². The van der Waals surface area contributed by atoms with Crippen LogP contribution in [0.2, 0.25) is 0 Å². The molecule has 0 aliphatic rings. The van der Waals surface area contributed by atoms with Crippen LogP contribution >= 0.6 is 12.4 Å². The van der Waals surface area contributed by atoms with Crippen molar-refractivity contribution >= 4 is 18.4 Å². The molecule has 0 saturated carbocycles. The largest absolute Gasteiger partial charge is 0.480 e. The SMILES string of the molecule is CCCCCCCCC(C)(N)N(CC(=O)O)C(C)(N)CCCCCCCC.Cl. The number of unbranched alkanes of at least 4 members (excludes halogenated alkanes) is 10. The van der Waals surface area contributed by atoms with Gasteiger partial charge in [-0.1, -0.05) is 90.9 Å². The van der Waals surface area contributed by atoms with Crippen molar-refractivity contribution < 1.29 is 9.90 Å². The standard InChI is InChI=1S/C22H47N3O2.ClH/c1-5-7-9-11-13-15-17-21(3,23)25(19-20(26)27)22(4,24)18-16-14-12-10-8-6-2;/h5-19,23-24H2,1-4H3,(H,26,27);1H. The van der Waals surface area contributed by atoms with Gasteiger partial charge in [0.1, 0.15) is 0 Å². The number of nitrogens with zero attached hydrogens (tertiary/aromatic N) is 1. The Morgan fingerprint density at radius 1 is 0.750 bits per heavy atom. The molecule has 170 valence electrons. The van der Waals surface area contributed by atoms with E-state index in [9.17, 15) is 9.90 Å². The first kappa shape index (κ1) is 29.8. The monoisotopic (exact) mass is 421 g/mol. The fourth-order valence-corrected chi connectivity index (χ4v) is 3.88. The van der Waals surface area contributed by atoms with Gasteiger partial charge in [-0.25, -0.2) is 0 Å².